The Kier molecular flexibility index (Phi) is 5.57. The Balaban J connectivity index is 2.02. The minimum absolute atomic E-state index is 0.0588. The minimum atomic E-state index is -0.0588. The van der Waals surface area contributed by atoms with Gasteiger partial charge in [-0.2, -0.15) is 0 Å². The van der Waals surface area contributed by atoms with Crippen molar-refractivity contribution in [3.8, 4) is 0 Å². The van der Waals surface area contributed by atoms with E-state index in [1.807, 2.05) is 36.1 Å². The van der Waals surface area contributed by atoms with Crippen LogP contribution in [0.2, 0.25) is 0 Å². The Morgan fingerprint density at radius 3 is 3.00 bits per heavy atom. The van der Waals surface area contributed by atoms with Gasteiger partial charge in [0.15, 0.2) is 0 Å². The van der Waals surface area contributed by atoms with Gasteiger partial charge in [-0.15, -0.1) is 0 Å². The molecule has 5 heteroatoms. The molecule has 1 saturated heterocycles. The Labute approximate surface area is 128 Å². The molecule has 0 radical (unpaired) electrons. The second-order valence-corrected chi connectivity index (χ2v) is 6.12. The molecule has 1 aliphatic rings. The number of carbonyl (C=O) groups is 1. The molecule has 0 aliphatic carbocycles. The lowest BCUT2D eigenvalue weighted by Gasteiger charge is -2.34. The molecule has 20 heavy (non-hydrogen) atoms. The number of hydrogen-bond donors (Lipinski definition) is 1. The van der Waals surface area contributed by atoms with Crippen LogP contribution in [0.5, 0.6) is 0 Å². The van der Waals surface area contributed by atoms with Crippen LogP contribution in [0.3, 0.4) is 0 Å². The topological polar surface area (TPSA) is 55.6 Å². The van der Waals surface area contributed by atoms with Crippen molar-refractivity contribution in [3.05, 3.63) is 34.3 Å². The van der Waals surface area contributed by atoms with Crippen LogP contribution in [0.25, 0.3) is 0 Å². The van der Waals surface area contributed by atoms with Gasteiger partial charge in [0.25, 0.3) is 0 Å². The fourth-order valence-electron chi connectivity index (χ4n) is 2.31. The average Bonchev–Trinajstić information content (AvgIpc) is 2.47. The van der Waals surface area contributed by atoms with E-state index in [0.29, 0.717) is 32.7 Å². The maximum Gasteiger partial charge on any atom is 0.223 e. The smallest absolute Gasteiger partial charge is 0.223 e. The van der Waals surface area contributed by atoms with Gasteiger partial charge in [-0.25, -0.2) is 0 Å². The molecule has 2 rings (SSSR count). The molecule has 1 aliphatic heterocycles. The fourth-order valence-corrected chi connectivity index (χ4v) is 2.85. The third kappa shape index (κ3) is 3.81. The van der Waals surface area contributed by atoms with Gasteiger partial charge >= 0.3 is 0 Å². The molecular formula is C15H21BrN2O2. The number of amides is 1. The lowest BCUT2D eigenvalue weighted by molar-refractivity contribution is -0.139. The van der Waals surface area contributed by atoms with Crippen molar-refractivity contribution < 1.29 is 9.53 Å². The van der Waals surface area contributed by atoms with Gasteiger partial charge in [0.2, 0.25) is 5.91 Å². The zero-order valence-corrected chi connectivity index (χ0v) is 13.3. The molecular weight excluding hydrogens is 320 g/mol. The summed E-state index contributed by atoms with van der Waals surface area (Å²) in [5, 5.41) is 0. The van der Waals surface area contributed by atoms with Crippen LogP contribution in [0, 0.1) is 5.92 Å². The first kappa shape index (κ1) is 15.5. The number of carbonyl (C=O) groups excluding carboxylic acids is 1. The van der Waals surface area contributed by atoms with E-state index in [0.717, 1.165) is 10.0 Å². The summed E-state index contributed by atoms with van der Waals surface area (Å²) in [5.41, 5.74) is 6.68. The number of nitrogens with two attached hydrogens (primary N) is 1. The SMILES string of the molecule is C[C@H](CN)CC(=O)N1CCO[C@H](c2ccccc2Br)C1. The van der Waals surface area contributed by atoms with Crippen LogP contribution in [0.15, 0.2) is 28.7 Å². The number of hydrogen-bond acceptors (Lipinski definition) is 3. The summed E-state index contributed by atoms with van der Waals surface area (Å²) in [6.45, 7) is 4.40. The molecule has 1 fully saturated rings. The van der Waals surface area contributed by atoms with Gasteiger partial charge in [-0.1, -0.05) is 41.1 Å². The van der Waals surface area contributed by atoms with Crippen molar-refractivity contribution >= 4 is 21.8 Å². The maximum atomic E-state index is 12.2. The first-order valence-corrected chi connectivity index (χ1v) is 7.75. The molecule has 0 aromatic heterocycles. The van der Waals surface area contributed by atoms with Crippen LogP contribution < -0.4 is 5.73 Å². The second-order valence-electron chi connectivity index (χ2n) is 5.27. The Bertz CT molecular complexity index is 467. The van der Waals surface area contributed by atoms with Gasteiger partial charge < -0.3 is 15.4 Å². The number of nitrogens with zero attached hydrogens (tertiary/aromatic N) is 1. The van der Waals surface area contributed by atoms with Crippen molar-refractivity contribution in [1.82, 2.24) is 4.90 Å². The molecule has 0 bridgehead atoms. The van der Waals surface area contributed by atoms with E-state index >= 15 is 0 Å². The second kappa shape index (κ2) is 7.20. The summed E-state index contributed by atoms with van der Waals surface area (Å²) in [5.74, 6) is 0.399. The van der Waals surface area contributed by atoms with E-state index in [1.54, 1.807) is 0 Å². The van der Waals surface area contributed by atoms with E-state index in [9.17, 15) is 4.79 Å². The highest BCUT2D eigenvalue weighted by Crippen LogP contribution is 2.28. The molecule has 1 heterocycles. The Hall–Kier alpha value is -0.910. The predicted octanol–water partition coefficient (Wildman–Crippen LogP) is 2.33. The largest absolute Gasteiger partial charge is 0.370 e. The third-order valence-electron chi connectivity index (χ3n) is 3.60. The molecule has 1 aromatic rings. The highest BCUT2D eigenvalue weighted by atomic mass is 79.9. The highest BCUT2D eigenvalue weighted by molar-refractivity contribution is 9.10. The first-order valence-electron chi connectivity index (χ1n) is 6.95. The zero-order valence-electron chi connectivity index (χ0n) is 11.7. The van der Waals surface area contributed by atoms with Crippen LogP contribution >= 0.6 is 15.9 Å². The summed E-state index contributed by atoms with van der Waals surface area (Å²) >= 11 is 3.54. The number of morpholine rings is 1. The van der Waals surface area contributed by atoms with Gasteiger partial charge in [0.1, 0.15) is 6.10 Å². The summed E-state index contributed by atoms with van der Waals surface area (Å²) in [6, 6.07) is 7.99. The van der Waals surface area contributed by atoms with Gasteiger partial charge in [0, 0.05) is 17.4 Å². The van der Waals surface area contributed by atoms with Crippen LogP contribution in [0.4, 0.5) is 0 Å². The number of rotatable bonds is 4. The first-order chi connectivity index (χ1) is 9.61. The van der Waals surface area contributed by atoms with E-state index in [2.05, 4.69) is 15.9 Å². The molecule has 0 saturated carbocycles. The zero-order chi connectivity index (χ0) is 14.5. The van der Waals surface area contributed by atoms with E-state index < -0.39 is 0 Å². The molecule has 110 valence electrons. The van der Waals surface area contributed by atoms with E-state index in [4.69, 9.17) is 10.5 Å². The normalized spacial score (nSPS) is 20.8. The van der Waals surface area contributed by atoms with Crippen molar-refractivity contribution in [2.45, 2.75) is 19.4 Å². The molecule has 4 nitrogen and oxygen atoms in total. The Morgan fingerprint density at radius 1 is 1.55 bits per heavy atom. The van der Waals surface area contributed by atoms with E-state index in [-0.39, 0.29) is 17.9 Å². The lowest BCUT2D eigenvalue weighted by Crippen LogP contribution is -2.43. The highest BCUT2D eigenvalue weighted by Gasteiger charge is 2.26. The van der Waals surface area contributed by atoms with Gasteiger partial charge in [0.05, 0.1) is 13.2 Å². The minimum Gasteiger partial charge on any atom is -0.370 e. The van der Waals surface area contributed by atoms with Crippen molar-refractivity contribution in [2.75, 3.05) is 26.2 Å². The quantitative estimate of drug-likeness (QED) is 0.915. The van der Waals surface area contributed by atoms with Crippen LogP contribution in [0.1, 0.15) is 25.0 Å². The van der Waals surface area contributed by atoms with Crippen LogP contribution in [-0.2, 0) is 9.53 Å². The average molecular weight is 341 g/mol. The monoisotopic (exact) mass is 340 g/mol. The van der Waals surface area contributed by atoms with Crippen molar-refractivity contribution in [3.63, 3.8) is 0 Å². The molecule has 0 spiro atoms. The molecule has 1 amide bonds. The summed E-state index contributed by atoms with van der Waals surface area (Å²) in [7, 11) is 0. The standard InChI is InChI=1S/C15H21BrN2O2/c1-11(9-17)8-15(19)18-6-7-20-14(10-18)12-4-2-3-5-13(12)16/h2-5,11,14H,6-10,17H2,1H3/t11-,14-/m0/s1. The number of ether oxygens (including phenoxy) is 1. The molecule has 2 atom stereocenters. The Morgan fingerprint density at radius 2 is 2.30 bits per heavy atom. The molecule has 2 N–H and O–H groups in total. The van der Waals surface area contributed by atoms with Crippen molar-refractivity contribution in [2.24, 2.45) is 11.7 Å². The third-order valence-corrected chi connectivity index (χ3v) is 4.32. The maximum absolute atomic E-state index is 12.2. The summed E-state index contributed by atoms with van der Waals surface area (Å²) in [4.78, 5) is 14.1. The van der Waals surface area contributed by atoms with Gasteiger partial charge in [-0.05, 0) is 24.1 Å². The van der Waals surface area contributed by atoms with Gasteiger partial charge in [-0.3, -0.25) is 4.79 Å². The van der Waals surface area contributed by atoms with Crippen LogP contribution in [-0.4, -0.2) is 37.0 Å². The molecule has 1 aromatic carbocycles. The van der Waals surface area contributed by atoms with E-state index in [1.165, 1.54) is 0 Å². The summed E-state index contributed by atoms with van der Waals surface area (Å²) in [6.07, 6.45) is 0.454. The number of benzene rings is 1. The predicted molar refractivity (Wildman–Crippen MR) is 82.3 cm³/mol. The fraction of sp³-hybridized carbons (Fsp3) is 0.533. The van der Waals surface area contributed by atoms with Crippen molar-refractivity contribution in [1.29, 1.82) is 0 Å². The molecule has 0 unspecified atom stereocenters. The lowest BCUT2D eigenvalue weighted by atomic mass is 10.1. The summed E-state index contributed by atoms with van der Waals surface area (Å²) < 4.78 is 6.83. The number of halogens is 1.